The first kappa shape index (κ1) is 11.7. The maximum atomic E-state index is 5.85. The maximum Gasteiger partial charge on any atom is 0.153 e. The molecule has 0 aliphatic heterocycles. The molecule has 1 aromatic carbocycles. The number of hydrogen-bond donors (Lipinski definition) is 2. The number of aryl methyl sites for hydroxylation is 1. The summed E-state index contributed by atoms with van der Waals surface area (Å²) in [6, 6.07) is 7.75. The third-order valence-corrected chi connectivity index (χ3v) is 2.95. The fourth-order valence-electron chi connectivity index (χ4n) is 1.57. The van der Waals surface area contributed by atoms with Gasteiger partial charge in [0.1, 0.15) is 0 Å². The molecule has 3 nitrogen and oxygen atoms in total. The molecule has 0 saturated carbocycles. The van der Waals surface area contributed by atoms with Gasteiger partial charge in [-0.25, -0.2) is 4.98 Å². The number of nitrogen functional groups attached to an aromatic ring is 1. The number of nitrogens with two attached hydrogens (primary N) is 1. The average Bonchev–Trinajstić information content (AvgIpc) is 2.28. The maximum absolute atomic E-state index is 5.85. The highest BCUT2D eigenvalue weighted by atomic mass is 35.5. The zero-order chi connectivity index (χ0) is 12.4. The van der Waals surface area contributed by atoms with Crippen LogP contribution >= 0.6 is 11.6 Å². The van der Waals surface area contributed by atoms with Gasteiger partial charge in [-0.3, -0.25) is 0 Å². The van der Waals surface area contributed by atoms with E-state index in [2.05, 4.69) is 30.2 Å². The highest BCUT2D eigenvalue weighted by molar-refractivity contribution is 6.30. The summed E-state index contributed by atoms with van der Waals surface area (Å²) in [5, 5.41) is 3.75. The van der Waals surface area contributed by atoms with Crippen LogP contribution in [0.3, 0.4) is 0 Å². The first-order chi connectivity index (χ1) is 8.08. The van der Waals surface area contributed by atoms with Crippen LogP contribution in [0.1, 0.15) is 11.1 Å². The van der Waals surface area contributed by atoms with E-state index in [0.29, 0.717) is 16.5 Å². The lowest BCUT2D eigenvalue weighted by atomic mass is 10.1. The number of nitrogens with one attached hydrogen (secondary N) is 1. The Balaban J connectivity index is 2.35. The Morgan fingerprint density at radius 2 is 2.06 bits per heavy atom. The van der Waals surface area contributed by atoms with E-state index < -0.39 is 0 Å². The lowest BCUT2D eigenvalue weighted by Crippen LogP contribution is -2.00. The molecule has 3 N–H and O–H groups in total. The molecule has 0 aliphatic rings. The van der Waals surface area contributed by atoms with Crippen molar-refractivity contribution in [2.75, 3.05) is 11.1 Å². The normalized spacial score (nSPS) is 10.3. The molecule has 0 radical (unpaired) electrons. The quantitative estimate of drug-likeness (QED) is 0.851. The zero-order valence-corrected chi connectivity index (χ0v) is 10.5. The van der Waals surface area contributed by atoms with Crippen molar-refractivity contribution in [2.45, 2.75) is 13.8 Å². The summed E-state index contributed by atoms with van der Waals surface area (Å²) in [5.41, 5.74) is 9.80. The SMILES string of the molecule is Cc1cccc(Nc2ncc(Cl)cc2N)c1C. The van der Waals surface area contributed by atoms with Gasteiger partial charge in [-0.2, -0.15) is 0 Å². The Morgan fingerprint density at radius 3 is 2.76 bits per heavy atom. The standard InChI is InChI=1S/C13H14ClN3/c1-8-4-3-5-12(9(8)2)17-13-11(15)6-10(14)7-16-13/h3-7H,15H2,1-2H3,(H,16,17). The second kappa shape index (κ2) is 4.63. The van der Waals surface area contributed by atoms with E-state index in [0.717, 1.165) is 5.69 Å². The number of halogens is 1. The number of hydrogen-bond acceptors (Lipinski definition) is 3. The monoisotopic (exact) mass is 247 g/mol. The Hall–Kier alpha value is -1.74. The van der Waals surface area contributed by atoms with Gasteiger partial charge in [0.15, 0.2) is 5.82 Å². The molecule has 0 spiro atoms. The Kier molecular flexibility index (Phi) is 3.20. The summed E-state index contributed by atoms with van der Waals surface area (Å²) in [5.74, 6) is 0.628. The van der Waals surface area contributed by atoms with Gasteiger partial charge in [0.05, 0.1) is 10.7 Å². The van der Waals surface area contributed by atoms with Crippen LogP contribution in [0.2, 0.25) is 5.02 Å². The van der Waals surface area contributed by atoms with Crippen LogP contribution in [0.15, 0.2) is 30.5 Å². The summed E-state index contributed by atoms with van der Waals surface area (Å²) in [6.45, 7) is 4.13. The molecule has 4 heteroatoms. The van der Waals surface area contributed by atoms with Crippen LogP contribution in [-0.2, 0) is 0 Å². The van der Waals surface area contributed by atoms with E-state index in [9.17, 15) is 0 Å². The molecule has 0 atom stereocenters. The van der Waals surface area contributed by atoms with Crippen molar-refractivity contribution in [2.24, 2.45) is 0 Å². The van der Waals surface area contributed by atoms with Crippen LogP contribution in [0.5, 0.6) is 0 Å². The minimum absolute atomic E-state index is 0.536. The molecule has 1 heterocycles. The number of aromatic nitrogens is 1. The molecular formula is C13H14ClN3. The third-order valence-electron chi connectivity index (χ3n) is 2.74. The fraction of sp³-hybridized carbons (Fsp3) is 0.154. The van der Waals surface area contributed by atoms with Crippen molar-refractivity contribution in [3.63, 3.8) is 0 Å². The zero-order valence-electron chi connectivity index (χ0n) is 9.79. The summed E-state index contributed by atoms with van der Waals surface area (Å²) in [6.07, 6.45) is 1.57. The van der Waals surface area contributed by atoms with E-state index in [1.807, 2.05) is 12.1 Å². The molecule has 0 unspecified atom stereocenters. The van der Waals surface area contributed by atoms with Crippen molar-refractivity contribution in [1.29, 1.82) is 0 Å². The molecule has 17 heavy (non-hydrogen) atoms. The summed E-state index contributed by atoms with van der Waals surface area (Å²) in [4.78, 5) is 4.18. The molecule has 2 aromatic rings. The van der Waals surface area contributed by atoms with Crippen molar-refractivity contribution in [3.05, 3.63) is 46.6 Å². The molecule has 2 rings (SSSR count). The van der Waals surface area contributed by atoms with E-state index in [-0.39, 0.29) is 0 Å². The highest BCUT2D eigenvalue weighted by Gasteiger charge is 2.05. The second-order valence-corrected chi connectivity index (χ2v) is 4.40. The smallest absolute Gasteiger partial charge is 0.153 e. The van der Waals surface area contributed by atoms with Gasteiger partial charge in [0.2, 0.25) is 0 Å². The van der Waals surface area contributed by atoms with Gasteiger partial charge in [0, 0.05) is 11.9 Å². The summed E-state index contributed by atoms with van der Waals surface area (Å²) >= 11 is 5.81. The Morgan fingerprint density at radius 1 is 1.29 bits per heavy atom. The minimum Gasteiger partial charge on any atom is -0.396 e. The number of nitrogens with zero attached hydrogens (tertiary/aromatic N) is 1. The van der Waals surface area contributed by atoms with Gasteiger partial charge in [-0.05, 0) is 37.1 Å². The van der Waals surface area contributed by atoms with Crippen molar-refractivity contribution < 1.29 is 0 Å². The minimum atomic E-state index is 0.536. The second-order valence-electron chi connectivity index (χ2n) is 3.96. The van der Waals surface area contributed by atoms with Crippen molar-refractivity contribution in [3.8, 4) is 0 Å². The molecule has 1 aromatic heterocycles. The molecular weight excluding hydrogens is 234 g/mol. The summed E-state index contributed by atoms with van der Waals surface area (Å²) in [7, 11) is 0. The van der Waals surface area contributed by atoms with Crippen LogP contribution in [-0.4, -0.2) is 4.98 Å². The number of benzene rings is 1. The van der Waals surface area contributed by atoms with Crippen molar-refractivity contribution >= 4 is 28.8 Å². The first-order valence-electron chi connectivity index (χ1n) is 5.32. The molecule has 0 aliphatic carbocycles. The van der Waals surface area contributed by atoms with Crippen LogP contribution in [0.4, 0.5) is 17.2 Å². The van der Waals surface area contributed by atoms with Gasteiger partial charge >= 0.3 is 0 Å². The van der Waals surface area contributed by atoms with Crippen LogP contribution in [0.25, 0.3) is 0 Å². The highest BCUT2D eigenvalue weighted by Crippen LogP contribution is 2.26. The van der Waals surface area contributed by atoms with E-state index in [1.165, 1.54) is 11.1 Å². The molecule has 0 saturated heterocycles. The molecule has 0 bridgehead atoms. The van der Waals surface area contributed by atoms with E-state index >= 15 is 0 Å². The van der Waals surface area contributed by atoms with Gasteiger partial charge in [-0.1, -0.05) is 23.7 Å². The third kappa shape index (κ3) is 2.50. The predicted molar refractivity (Wildman–Crippen MR) is 72.9 cm³/mol. The number of pyridine rings is 1. The van der Waals surface area contributed by atoms with Crippen LogP contribution in [0, 0.1) is 13.8 Å². The largest absolute Gasteiger partial charge is 0.396 e. The van der Waals surface area contributed by atoms with Gasteiger partial charge in [-0.15, -0.1) is 0 Å². The molecule has 0 amide bonds. The first-order valence-corrected chi connectivity index (χ1v) is 5.70. The number of rotatable bonds is 2. The van der Waals surface area contributed by atoms with E-state index in [4.69, 9.17) is 17.3 Å². The van der Waals surface area contributed by atoms with Crippen molar-refractivity contribution in [1.82, 2.24) is 4.98 Å². The Labute approximate surface area is 106 Å². The lowest BCUT2D eigenvalue weighted by molar-refractivity contribution is 1.28. The van der Waals surface area contributed by atoms with Gasteiger partial charge < -0.3 is 11.1 Å². The average molecular weight is 248 g/mol. The van der Waals surface area contributed by atoms with E-state index in [1.54, 1.807) is 12.3 Å². The summed E-state index contributed by atoms with van der Waals surface area (Å²) < 4.78 is 0. The molecule has 88 valence electrons. The fourth-order valence-corrected chi connectivity index (χ4v) is 1.74. The van der Waals surface area contributed by atoms with Crippen LogP contribution < -0.4 is 11.1 Å². The Bertz CT molecular complexity index is 552. The topological polar surface area (TPSA) is 50.9 Å². The number of anilines is 3. The molecule has 0 fully saturated rings. The predicted octanol–water partition coefficient (Wildman–Crippen LogP) is 3.68. The lowest BCUT2D eigenvalue weighted by Gasteiger charge is -2.12. The van der Waals surface area contributed by atoms with Gasteiger partial charge in [0.25, 0.3) is 0 Å².